The minimum Gasteiger partial charge on any atom is -0.492 e. The van der Waals surface area contributed by atoms with E-state index in [4.69, 9.17) is 9.26 Å². The quantitative estimate of drug-likeness (QED) is 0.546. The number of hydrogen-bond donors (Lipinski definition) is 1. The highest BCUT2D eigenvalue weighted by Crippen LogP contribution is 2.32. The average Bonchev–Trinajstić information content (AvgIpc) is 3.47. The Morgan fingerprint density at radius 2 is 1.87 bits per heavy atom. The Kier molecular flexibility index (Phi) is 8.61. The summed E-state index contributed by atoms with van der Waals surface area (Å²) in [7, 11) is 0. The molecule has 1 atom stereocenters. The summed E-state index contributed by atoms with van der Waals surface area (Å²) in [5, 5.41) is 13.4. The molecule has 2 saturated heterocycles. The molecule has 1 aliphatic carbocycles. The van der Waals surface area contributed by atoms with Crippen LogP contribution in [0.5, 0.6) is 5.75 Å². The lowest BCUT2D eigenvalue weighted by Gasteiger charge is -2.34. The van der Waals surface area contributed by atoms with E-state index in [9.17, 15) is 9.90 Å². The predicted molar refractivity (Wildman–Crippen MR) is 145 cm³/mol. The molecular formula is C29H41N5O4. The maximum atomic E-state index is 12.9. The van der Waals surface area contributed by atoms with Crippen LogP contribution in [0, 0.1) is 17.8 Å². The fourth-order valence-electron chi connectivity index (χ4n) is 5.64. The molecule has 0 aromatic carbocycles. The molecule has 5 rings (SSSR count). The van der Waals surface area contributed by atoms with E-state index in [2.05, 4.69) is 39.9 Å². The van der Waals surface area contributed by atoms with Crippen LogP contribution in [0.2, 0.25) is 0 Å². The number of nitrogens with zero attached hydrogens (tertiary/aromatic N) is 5. The number of carbonyl (C=O) groups excluding carboxylic acids is 1. The zero-order chi connectivity index (χ0) is 26.5. The summed E-state index contributed by atoms with van der Waals surface area (Å²) in [4.78, 5) is 26.3. The molecule has 1 N–H and O–H groups in total. The first kappa shape index (κ1) is 26.7. The molecule has 0 bridgehead atoms. The van der Waals surface area contributed by atoms with Gasteiger partial charge in [-0.1, -0.05) is 25.1 Å². The normalized spacial score (nSPS) is 21.6. The van der Waals surface area contributed by atoms with Gasteiger partial charge >= 0.3 is 6.01 Å². The van der Waals surface area contributed by atoms with Gasteiger partial charge in [0.25, 0.3) is 0 Å². The van der Waals surface area contributed by atoms with Crippen LogP contribution in [-0.4, -0.2) is 70.4 Å². The molecule has 0 radical (unpaired) electrons. The van der Waals surface area contributed by atoms with Crippen LogP contribution in [0.15, 0.2) is 28.9 Å². The highest BCUT2D eigenvalue weighted by Gasteiger charge is 2.29. The maximum absolute atomic E-state index is 12.9. The fraction of sp³-hybridized carbons (Fsp3) is 0.655. The third-order valence-corrected chi connectivity index (χ3v) is 8.33. The van der Waals surface area contributed by atoms with E-state index >= 15 is 0 Å². The van der Waals surface area contributed by atoms with Gasteiger partial charge in [0.05, 0.1) is 18.5 Å². The summed E-state index contributed by atoms with van der Waals surface area (Å²) in [6.07, 6.45) is 10.4. The Hall–Kier alpha value is -2.94. The van der Waals surface area contributed by atoms with Crippen molar-refractivity contribution >= 4 is 17.5 Å². The van der Waals surface area contributed by atoms with E-state index in [1.807, 2.05) is 23.2 Å². The lowest BCUT2D eigenvalue weighted by molar-refractivity contribution is -0.137. The zero-order valence-electron chi connectivity index (χ0n) is 22.7. The second-order valence-electron chi connectivity index (χ2n) is 11.4. The smallest absolute Gasteiger partial charge is 0.324 e. The van der Waals surface area contributed by atoms with Gasteiger partial charge in [-0.2, -0.15) is 4.98 Å². The van der Waals surface area contributed by atoms with Gasteiger partial charge in [-0.3, -0.25) is 9.78 Å². The van der Waals surface area contributed by atoms with Crippen LogP contribution in [0.3, 0.4) is 0 Å². The molecule has 1 amide bonds. The number of aliphatic hydroxyl groups is 1. The molecule has 38 heavy (non-hydrogen) atoms. The van der Waals surface area contributed by atoms with E-state index in [-0.39, 0.29) is 24.3 Å². The van der Waals surface area contributed by atoms with Crippen molar-refractivity contribution < 1.29 is 19.2 Å². The number of pyridine rings is 1. The number of amides is 1. The highest BCUT2D eigenvalue weighted by molar-refractivity contribution is 5.80. The van der Waals surface area contributed by atoms with Crippen molar-refractivity contribution in [2.45, 2.75) is 64.7 Å². The van der Waals surface area contributed by atoms with Crippen molar-refractivity contribution in [3.63, 3.8) is 0 Å². The molecule has 1 unspecified atom stereocenters. The predicted octanol–water partition coefficient (Wildman–Crippen LogP) is 4.30. The van der Waals surface area contributed by atoms with Gasteiger partial charge in [-0.15, -0.1) is 0 Å². The van der Waals surface area contributed by atoms with Crippen molar-refractivity contribution in [2.24, 2.45) is 17.8 Å². The number of likely N-dealkylation sites (tertiary alicyclic amines) is 1. The van der Waals surface area contributed by atoms with Crippen molar-refractivity contribution in [2.75, 3.05) is 44.3 Å². The number of aromatic nitrogens is 3. The highest BCUT2D eigenvalue weighted by atomic mass is 16.5. The maximum Gasteiger partial charge on any atom is 0.324 e. The molecule has 9 heteroatoms. The van der Waals surface area contributed by atoms with Crippen molar-refractivity contribution in [3.05, 3.63) is 35.9 Å². The topological polar surface area (TPSA) is 105 Å². The Morgan fingerprint density at radius 3 is 2.47 bits per heavy atom. The first-order valence-corrected chi connectivity index (χ1v) is 14.3. The van der Waals surface area contributed by atoms with Crippen LogP contribution >= 0.6 is 0 Å². The summed E-state index contributed by atoms with van der Waals surface area (Å²) in [5.74, 6) is 3.00. The Bertz CT molecular complexity index is 1080. The molecule has 2 aromatic rings. The standard InChI is InChI=1S/C29H41N5O4/c1-20(2)27-31-29(38-32-27)34-15-11-22(12-16-34)19-37-25-7-8-26(30-17-25)23-3-5-24(6-4-23)28(36)33-13-9-21(18-35)10-14-33/h3,7-8,17,20-22,24,35H,4-6,9-16,18-19H2,1-2H3. The fourth-order valence-corrected chi connectivity index (χ4v) is 5.64. The molecule has 9 nitrogen and oxygen atoms in total. The van der Waals surface area contributed by atoms with Gasteiger partial charge < -0.3 is 24.2 Å². The van der Waals surface area contributed by atoms with Crippen molar-refractivity contribution in [1.29, 1.82) is 0 Å². The minimum atomic E-state index is 0.0653. The molecule has 2 aliphatic heterocycles. The first-order chi connectivity index (χ1) is 18.5. The van der Waals surface area contributed by atoms with Gasteiger partial charge in [-0.25, -0.2) is 0 Å². The van der Waals surface area contributed by atoms with Crippen molar-refractivity contribution in [3.8, 4) is 5.75 Å². The number of piperidine rings is 2. The van der Waals surface area contributed by atoms with Gasteiger partial charge in [0, 0.05) is 44.6 Å². The summed E-state index contributed by atoms with van der Waals surface area (Å²) in [5.41, 5.74) is 2.19. The van der Waals surface area contributed by atoms with Gasteiger partial charge in [0.15, 0.2) is 5.82 Å². The number of hydrogen-bond acceptors (Lipinski definition) is 8. The molecule has 2 aromatic heterocycles. The number of ether oxygens (including phenoxy) is 1. The van der Waals surface area contributed by atoms with E-state index < -0.39 is 0 Å². The second kappa shape index (κ2) is 12.3. The van der Waals surface area contributed by atoms with Crippen LogP contribution < -0.4 is 9.64 Å². The van der Waals surface area contributed by atoms with Crippen LogP contribution in [0.1, 0.15) is 76.2 Å². The van der Waals surface area contributed by atoms with Crippen LogP contribution in [0.4, 0.5) is 6.01 Å². The molecule has 2 fully saturated rings. The molecule has 4 heterocycles. The number of rotatable bonds is 8. The van der Waals surface area contributed by atoms with Gasteiger partial charge in [-0.05, 0) is 74.5 Å². The summed E-state index contributed by atoms with van der Waals surface area (Å²) in [6, 6.07) is 4.67. The molecule has 0 spiro atoms. The monoisotopic (exact) mass is 523 g/mol. The summed E-state index contributed by atoms with van der Waals surface area (Å²) in [6.45, 7) is 8.37. The first-order valence-electron chi connectivity index (χ1n) is 14.3. The Morgan fingerprint density at radius 1 is 1.11 bits per heavy atom. The number of carbonyl (C=O) groups is 1. The zero-order valence-corrected chi connectivity index (χ0v) is 22.7. The van der Waals surface area contributed by atoms with Crippen molar-refractivity contribution in [1.82, 2.24) is 20.0 Å². The number of aliphatic hydroxyl groups excluding tert-OH is 1. The average molecular weight is 524 g/mol. The van der Waals surface area contributed by atoms with E-state index in [0.717, 1.165) is 88.4 Å². The molecule has 3 aliphatic rings. The van der Waals surface area contributed by atoms with Crippen LogP contribution in [-0.2, 0) is 4.79 Å². The molecule has 0 saturated carbocycles. The minimum absolute atomic E-state index is 0.0653. The van der Waals surface area contributed by atoms with E-state index in [1.165, 1.54) is 5.57 Å². The molecule has 206 valence electrons. The van der Waals surface area contributed by atoms with Crippen LogP contribution in [0.25, 0.3) is 5.57 Å². The Balaban J connectivity index is 1.05. The van der Waals surface area contributed by atoms with Gasteiger partial charge in [0.1, 0.15) is 5.75 Å². The third-order valence-electron chi connectivity index (χ3n) is 8.33. The third kappa shape index (κ3) is 6.37. The molecular weight excluding hydrogens is 482 g/mol. The van der Waals surface area contributed by atoms with E-state index in [0.29, 0.717) is 24.5 Å². The summed E-state index contributed by atoms with van der Waals surface area (Å²) >= 11 is 0. The number of allylic oxidation sites excluding steroid dienone is 2. The second-order valence-corrected chi connectivity index (χ2v) is 11.4. The largest absolute Gasteiger partial charge is 0.492 e. The van der Waals surface area contributed by atoms with E-state index in [1.54, 1.807) is 0 Å². The summed E-state index contributed by atoms with van der Waals surface area (Å²) < 4.78 is 11.5. The Labute approximate surface area is 225 Å². The lowest BCUT2D eigenvalue weighted by Crippen LogP contribution is -2.42. The number of anilines is 1. The lowest BCUT2D eigenvalue weighted by atomic mass is 9.86. The van der Waals surface area contributed by atoms with Gasteiger partial charge in [0.2, 0.25) is 5.91 Å². The SMILES string of the molecule is CC(C)c1noc(N2CCC(COc3ccc(C4=CCC(C(=O)N5CCC(CO)CC5)CC4)nc3)CC2)n1.